The summed E-state index contributed by atoms with van der Waals surface area (Å²) in [6.45, 7) is 6.12. The Morgan fingerprint density at radius 1 is 0.882 bits per heavy atom. The van der Waals surface area contributed by atoms with Crippen LogP contribution in [0, 0.1) is 20.8 Å². The van der Waals surface area contributed by atoms with Crippen molar-refractivity contribution in [3.05, 3.63) is 70.3 Å². The first kappa shape index (κ1) is 11.9. The highest BCUT2D eigenvalue weighted by molar-refractivity contribution is 5.38. The molecule has 0 aliphatic rings. The van der Waals surface area contributed by atoms with E-state index in [0.717, 1.165) is 16.7 Å². The van der Waals surface area contributed by atoms with Crippen LogP contribution in [0.25, 0.3) is 0 Å². The van der Waals surface area contributed by atoms with Crippen molar-refractivity contribution in [1.82, 2.24) is 0 Å². The van der Waals surface area contributed by atoms with Crippen LogP contribution in [0.2, 0.25) is 0 Å². The number of hydrogen-bond donors (Lipinski definition) is 1. The smallest absolute Gasteiger partial charge is 0.104 e. The summed E-state index contributed by atoms with van der Waals surface area (Å²) in [5.41, 5.74) is 5.43. The first-order valence-electron chi connectivity index (χ1n) is 5.89. The van der Waals surface area contributed by atoms with Crippen LogP contribution in [0.4, 0.5) is 0 Å². The molecule has 0 radical (unpaired) electrons. The summed E-state index contributed by atoms with van der Waals surface area (Å²) in [6, 6.07) is 14.2. The summed E-state index contributed by atoms with van der Waals surface area (Å²) in [5, 5.41) is 10.4. The molecule has 1 nitrogen and oxygen atoms in total. The van der Waals surface area contributed by atoms with E-state index < -0.39 is 6.10 Å². The molecule has 0 aliphatic heterocycles. The molecule has 0 heterocycles. The van der Waals surface area contributed by atoms with Crippen molar-refractivity contribution in [2.45, 2.75) is 26.9 Å². The van der Waals surface area contributed by atoms with Crippen LogP contribution in [0.1, 0.15) is 33.9 Å². The summed E-state index contributed by atoms with van der Waals surface area (Å²) in [7, 11) is 0. The second kappa shape index (κ2) is 4.72. The Morgan fingerprint density at radius 3 is 2.29 bits per heavy atom. The van der Waals surface area contributed by atoms with Crippen molar-refractivity contribution in [2.24, 2.45) is 0 Å². The van der Waals surface area contributed by atoms with Gasteiger partial charge in [-0.1, -0.05) is 53.6 Å². The van der Waals surface area contributed by atoms with Crippen molar-refractivity contribution >= 4 is 0 Å². The minimum Gasteiger partial charge on any atom is -0.384 e. The van der Waals surface area contributed by atoms with Crippen LogP contribution in [-0.4, -0.2) is 5.11 Å². The van der Waals surface area contributed by atoms with Gasteiger partial charge in [0.05, 0.1) is 0 Å². The van der Waals surface area contributed by atoms with Gasteiger partial charge in [-0.05, 0) is 37.5 Å². The second-order valence-electron chi connectivity index (χ2n) is 4.68. The molecule has 1 heteroatoms. The summed E-state index contributed by atoms with van der Waals surface area (Å²) in [6.07, 6.45) is -0.533. The predicted octanol–water partition coefficient (Wildman–Crippen LogP) is 3.69. The number of aryl methyl sites for hydroxylation is 3. The van der Waals surface area contributed by atoms with Gasteiger partial charge in [-0.3, -0.25) is 0 Å². The van der Waals surface area contributed by atoms with Crippen LogP contribution < -0.4 is 0 Å². The molecule has 1 N–H and O–H groups in total. The average molecular weight is 226 g/mol. The number of hydrogen-bond acceptors (Lipinski definition) is 1. The third kappa shape index (κ3) is 2.56. The van der Waals surface area contributed by atoms with Gasteiger partial charge in [0.15, 0.2) is 0 Å². The predicted molar refractivity (Wildman–Crippen MR) is 71.2 cm³/mol. The van der Waals surface area contributed by atoms with E-state index in [1.54, 1.807) is 0 Å². The van der Waals surface area contributed by atoms with Crippen molar-refractivity contribution in [3.63, 3.8) is 0 Å². The molecule has 2 rings (SSSR count). The first-order valence-corrected chi connectivity index (χ1v) is 5.89. The van der Waals surface area contributed by atoms with Crippen LogP contribution in [0.3, 0.4) is 0 Å². The van der Waals surface area contributed by atoms with Gasteiger partial charge in [0.1, 0.15) is 6.10 Å². The number of aliphatic hydroxyl groups is 1. The van der Waals surface area contributed by atoms with Crippen molar-refractivity contribution < 1.29 is 5.11 Å². The summed E-state index contributed by atoms with van der Waals surface area (Å²) in [5.74, 6) is 0. The number of rotatable bonds is 2. The van der Waals surface area contributed by atoms with Gasteiger partial charge in [-0.15, -0.1) is 0 Å². The zero-order valence-electron chi connectivity index (χ0n) is 10.6. The van der Waals surface area contributed by atoms with E-state index in [0.29, 0.717) is 0 Å². The van der Waals surface area contributed by atoms with E-state index in [4.69, 9.17) is 0 Å². The number of aliphatic hydroxyl groups excluding tert-OH is 1. The fourth-order valence-electron chi connectivity index (χ4n) is 2.07. The Morgan fingerprint density at radius 2 is 1.59 bits per heavy atom. The molecule has 2 aromatic rings. The minimum atomic E-state index is -0.533. The van der Waals surface area contributed by atoms with Crippen LogP contribution in [0.15, 0.2) is 42.5 Å². The Hall–Kier alpha value is -1.60. The Labute approximate surface area is 103 Å². The van der Waals surface area contributed by atoms with Crippen LogP contribution in [0.5, 0.6) is 0 Å². The summed E-state index contributed by atoms with van der Waals surface area (Å²) in [4.78, 5) is 0. The third-order valence-electron chi connectivity index (χ3n) is 3.09. The lowest BCUT2D eigenvalue weighted by Crippen LogP contribution is -2.02. The van der Waals surface area contributed by atoms with Crippen molar-refractivity contribution in [2.75, 3.05) is 0 Å². The SMILES string of the molecule is Cc1cccc([C@H](O)c2cc(C)ccc2C)c1. The molecule has 0 saturated carbocycles. The highest BCUT2D eigenvalue weighted by Gasteiger charge is 2.12. The van der Waals surface area contributed by atoms with Crippen molar-refractivity contribution in [1.29, 1.82) is 0 Å². The molecule has 0 saturated heterocycles. The molecule has 0 bridgehead atoms. The lowest BCUT2D eigenvalue weighted by molar-refractivity contribution is 0.219. The molecule has 2 aromatic carbocycles. The second-order valence-corrected chi connectivity index (χ2v) is 4.68. The lowest BCUT2D eigenvalue weighted by Gasteiger charge is -2.15. The zero-order valence-corrected chi connectivity index (χ0v) is 10.6. The third-order valence-corrected chi connectivity index (χ3v) is 3.09. The van der Waals surface area contributed by atoms with Gasteiger partial charge in [-0.2, -0.15) is 0 Å². The van der Waals surface area contributed by atoms with Gasteiger partial charge in [0, 0.05) is 0 Å². The zero-order chi connectivity index (χ0) is 12.4. The summed E-state index contributed by atoms with van der Waals surface area (Å²) < 4.78 is 0. The normalized spacial score (nSPS) is 12.5. The first-order chi connectivity index (χ1) is 8.08. The van der Waals surface area contributed by atoms with E-state index in [-0.39, 0.29) is 0 Å². The van der Waals surface area contributed by atoms with Crippen LogP contribution in [-0.2, 0) is 0 Å². The molecule has 0 fully saturated rings. The maximum Gasteiger partial charge on any atom is 0.104 e. The molecule has 0 unspecified atom stereocenters. The van der Waals surface area contributed by atoms with Gasteiger partial charge in [-0.25, -0.2) is 0 Å². The maximum atomic E-state index is 10.4. The van der Waals surface area contributed by atoms with E-state index in [1.807, 2.05) is 45.0 Å². The quantitative estimate of drug-likeness (QED) is 0.828. The fourth-order valence-corrected chi connectivity index (χ4v) is 2.07. The van der Waals surface area contributed by atoms with E-state index in [2.05, 4.69) is 18.2 Å². The fraction of sp³-hybridized carbons (Fsp3) is 0.250. The highest BCUT2D eigenvalue weighted by atomic mass is 16.3. The van der Waals surface area contributed by atoms with E-state index >= 15 is 0 Å². The number of benzene rings is 2. The molecule has 1 atom stereocenters. The van der Waals surface area contributed by atoms with Gasteiger partial charge < -0.3 is 5.11 Å². The van der Waals surface area contributed by atoms with Gasteiger partial charge >= 0.3 is 0 Å². The standard InChI is InChI=1S/C16H18O/c1-11-5-4-6-14(9-11)16(17)15-10-12(2)7-8-13(15)3/h4-10,16-17H,1-3H3/t16-/m0/s1. The Bertz CT molecular complexity index is 529. The van der Waals surface area contributed by atoms with E-state index in [9.17, 15) is 5.11 Å². The van der Waals surface area contributed by atoms with Gasteiger partial charge in [0.25, 0.3) is 0 Å². The molecule has 0 aliphatic carbocycles. The largest absolute Gasteiger partial charge is 0.384 e. The van der Waals surface area contributed by atoms with Gasteiger partial charge in [0.2, 0.25) is 0 Å². The molecular formula is C16H18O. The molecule has 0 spiro atoms. The lowest BCUT2D eigenvalue weighted by atomic mass is 9.95. The van der Waals surface area contributed by atoms with Crippen LogP contribution >= 0.6 is 0 Å². The van der Waals surface area contributed by atoms with E-state index in [1.165, 1.54) is 11.1 Å². The topological polar surface area (TPSA) is 20.2 Å². The molecular weight excluding hydrogens is 208 g/mol. The van der Waals surface area contributed by atoms with Crippen molar-refractivity contribution in [3.8, 4) is 0 Å². The Kier molecular flexibility index (Phi) is 3.30. The average Bonchev–Trinajstić information content (AvgIpc) is 2.31. The minimum absolute atomic E-state index is 0.533. The maximum absolute atomic E-state index is 10.4. The monoisotopic (exact) mass is 226 g/mol. The summed E-state index contributed by atoms with van der Waals surface area (Å²) >= 11 is 0. The Balaban J connectivity index is 2.43. The molecule has 88 valence electrons. The highest BCUT2D eigenvalue weighted by Crippen LogP contribution is 2.26. The molecule has 0 aromatic heterocycles. The molecule has 17 heavy (non-hydrogen) atoms. The molecule has 0 amide bonds.